The van der Waals surface area contributed by atoms with Gasteiger partial charge >= 0.3 is 0 Å². The van der Waals surface area contributed by atoms with E-state index >= 15 is 0 Å². The molecule has 0 spiro atoms. The Kier molecular flexibility index (Phi) is 6.18. The number of fused-ring (bicyclic) bond motifs is 3. The Bertz CT molecular complexity index is 1140. The monoisotopic (exact) mass is 437 g/mol. The zero-order valence-electron chi connectivity index (χ0n) is 18.4. The van der Waals surface area contributed by atoms with Gasteiger partial charge in [0, 0.05) is 36.3 Å². The number of nitrogens with zero attached hydrogens (tertiary/aromatic N) is 2. The third kappa shape index (κ3) is 4.19. The van der Waals surface area contributed by atoms with Gasteiger partial charge in [-0.1, -0.05) is 6.07 Å². The van der Waals surface area contributed by atoms with Crippen molar-refractivity contribution >= 4 is 17.4 Å². The Hall–Kier alpha value is -3.72. The van der Waals surface area contributed by atoms with E-state index in [2.05, 4.69) is 10.7 Å². The highest BCUT2D eigenvalue weighted by Crippen LogP contribution is 2.45. The first-order valence-electron chi connectivity index (χ1n) is 10.5. The van der Waals surface area contributed by atoms with Crippen LogP contribution in [0, 0.1) is 0 Å². The second-order valence-corrected chi connectivity index (χ2v) is 7.31. The third-order valence-corrected chi connectivity index (χ3v) is 5.16. The van der Waals surface area contributed by atoms with E-state index in [1.54, 1.807) is 0 Å². The van der Waals surface area contributed by atoms with Crippen LogP contribution >= 0.6 is 0 Å². The van der Waals surface area contributed by atoms with Gasteiger partial charge in [0.2, 0.25) is 0 Å². The lowest BCUT2D eigenvalue weighted by Gasteiger charge is -2.14. The fraction of sp³-hybridized carbons (Fsp3) is 0.304. The molecule has 1 heterocycles. The van der Waals surface area contributed by atoms with Crippen LogP contribution in [0.2, 0.25) is 0 Å². The summed E-state index contributed by atoms with van der Waals surface area (Å²) in [6, 6.07) is 11.7. The van der Waals surface area contributed by atoms with Crippen LogP contribution < -0.4 is 30.8 Å². The molecule has 0 radical (unpaired) electrons. The van der Waals surface area contributed by atoms with Gasteiger partial charge in [0.15, 0.2) is 23.9 Å². The summed E-state index contributed by atoms with van der Waals surface area (Å²) in [6.45, 7) is 4.75. The number of hydrogen-bond acceptors (Lipinski definition) is 7. The Morgan fingerprint density at radius 3 is 2.66 bits per heavy atom. The van der Waals surface area contributed by atoms with Crippen LogP contribution in [0.1, 0.15) is 25.0 Å². The number of amides is 1. The maximum Gasteiger partial charge on any atom is 0.271 e. The van der Waals surface area contributed by atoms with Crippen LogP contribution in [0.25, 0.3) is 11.3 Å². The van der Waals surface area contributed by atoms with Crippen molar-refractivity contribution in [1.29, 1.82) is 0 Å². The van der Waals surface area contributed by atoms with Crippen molar-refractivity contribution in [2.45, 2.75) is 20.3 Å². The van der Waals surface area contributed by atoms with E-state index in [0.717, 1.165) is 39.6 Å². The molecule has 1 amide bonds. The first-order chi connectivity index (χ1) is 15.5. The van der Waals surface area contributed by atoms with E-state index in [-0.39, 0.29) is 6.61 Å². The minimum Gasteiger partial charge on any atom is -0.494 e. The molecule has 0 atom stereocenters. The van der Waals surface area contributed by atoms with Gasteiger partial charge in [0.1, 0.15) is 5.75 Å². The Balaban J connectivity index is 1.66. The predicted octanol–water partition coefficient (Wildman–Crippen LogP) is 2.90. The van der Waals surface area contributed by atoms with Crippen molar-refractivity contribution in [3.8, 4) is 28.5 Å². The van der Waals surface area contributed by atoms with Gasteiger partial charge in [0.05, 0.1) is 18.9 Å². The van der Waals surface area contributed by atoms with Gasteiger partial charge in [0.25, 0.3) is 5.91 Å². The van der Waals surface area contributed by atoms with E-state index in [0.29, 0.717) is 31.1 Å². The number of aromatic nitrogens is 2. The molecular weight excluding hydrogens is 410 g/mol. The average Bonchev–Trinajstić information content (AvgIpc) is 3.29. The highest BCUT2D eigenvalue weighted by Gasteiger charge is 2.29. The summed E-state index contributed by atoms with van der Waals surface area (Å²) in [6.07, 6.45) is 0.704. The average molecular weight is 438 g/mol. The lowest BCUT2D eigenvalue weighted by molar-refractivity contribution is -0.123. The molecule has 0 bridgehead atoms. The summed E-state index contributed by atoms with van der Waals surface area (Å²) in [5.74, 6) is 7.41. The lowest BCUT2D eigenvalue weighted by atomic mass is 10.1. The number of ether oxygens (including phenoxy) is 3. The zero-order valence-corrected chi connectivity index (χ0v) is 18.4. The minimum atomic E-state index is -0.421. The quantitative estimate of drug-likeness (QED) is 0.210. The first kappa shape index (κ1) is 21.5. The zero-order chi connectivity index (χ0) is 22.7. The van der Waals surface area contributed by atoms with Gasteiger partial charge < -0.3 is 19.5 Å². The smallest absolute Gasteiger partial charge is 0.271 e. The summed E-state index contributed by atoms with van der Waals surface area (Å²) in [5.41, 5.74) is 7.16. The van der Waals surface area contributed by atoms with Crippen LogP contribution in [-0.2, 0) is 18.3 Å². The molecule has 9 nitrogen and oxygen atoms in total. The molecule has 1 aromatic heterocycles. The number of nitrogens with two attached hydrogens (primary N) is 1. The molecule has 4 N–H and O–H groups in total. The van der Waals surface area contributed by atoms with Gasteiger partial charge in [-0.3, -0.25) is 14.9 Å². The molecule has 0 fully saturated rings. The molecule has 32 heavy (non-hydrogen) atoms. The van der Waals surface area contributed by atoms with Crippen molar-refractivity contribution in [2.24, 2.45) is 12.9 Å². The summed E-state index contributed by atoms with van der Waals surface area (Å²) < 4.78 is 18.9. The van der Waals surface area contributed by atoms with Crippen LogP contribution in [0.3, 0.4) is 0 Å². The second kappa shape index (κ2) is 9.19. The van der Waals surface area contributed by atoms with Gasteiger partial charge in [-0.05, 0) is 43.7 Å². The molecule has 2 aromatic carbocycles. The molecule has 4 rings (SSSR count). The largest absolute Gasteiger partial charge is 0.494 e. The highest BCUT2D eigenvalue weighted by molar-refractivity contribution is 5.82. The standard InChI is InChI=1S/C23H27N5O4/c1-4-30-16-8-6-7-15(11-16)25-23-18-9-14-10-19(31-5-2)20(32-13-21(29)26-24)12-17(14)22(18)28(3)27-23/h6-8,10-12H,4-5,9,13,24H2,1-3H3,(H,25,27)(H,26,29). The fourth-order valence-electron chi connectivity index (χ4n) is 3.86. The summed E-state index contributed by atoms with van der Waals surface area (Å²) in [4.78, 5) is 11.5. The SMILES string of the molecule is CCOc1cccc(Nc2nn(C)c3c2Cc2cc(OCC)c(OCC(=O)NN)cc2-3)c1. The van der Waals surface area contributed by atoms with E-state index in [1.807, 2.05) is 62.0 Å². The highest BCUT2D eigenvalue weighted by atomic mass is 16.5. The van der Waals surface area contributed by atoms with E-state index in [9.17, 15) is 4.79 Å². The summed E-state index contributed by atoms with van der Waals surface area (Å²) >= 11 is 0. The summed E-state index contributed by atoms with van der Waals surface area (Å²) in [7, 11) is 1.91. The lowest BCUT2D eigenvalue weighted by Crippen LogP contribution is -2.34. The molecule has 3 aromatic rings. The molecule has 0 aliphatic heterocycles. The number of nitrogens with one attached hydrogen (secondary N) is 2. The predicted molar refractivity (Wildman–Crippen MR) is 121 cm³/mol. The van der Waals surface area contributed by atoms with Crippen molar-refractivity contribution in [1.82, 2.24) is 15.2 Å². The van der Waals surface area contributed by atoms with E-state index in [1.165, 1.54) is 0 Å². The van der Waals surface area contributed by atoms with Crippen molar-refractivity contribution in [2.75, 3.05) is 25.1 Å². The number of benzene rings is 2. The number of rotatable bonds is 9. The van der Waals surface area contributed by atoms with Crippen LogP contribution in [0.15, 0.2) is 36.4 Å². The Morgan fingerprint density at radius 1 is 1.12 bits per heavy atom. The number of aryl methyl sites for hydroxylation is 1. The van der Waals surface area contributed by atoms with Crippen LogP contribution in [0.4, 0.5) is 11.5 Å². The van der Waals surface area contributed by atoms with Crippen molar-refractivity contribution < 1.29 is 19.0 Å². The second-order valence-electron chi connectivity index (χ2n) is 7.31. The fourth-order valence-corrected chi connectivity index (χ4v) is 3.86. The molecule has 0 unspecified atom stereocenters. The van der Waals surface area contributed by atoms with Crippen LogP contribution in [0.5, 0.6) is 17.2 Å². The van der Waals surface area contributed by atoms with Crippen molar-refractivity contribution in [3.05, 3.63) is 47.5 Å². The van der Waals surface area contributed by atoms with Crippen molar-refractivity contribution in [3.63, 3.8) is 0 Å². The number of hydrazine groups is 1. The minimum absolute atomic E-state index is 0.198. The first-order valence-corrected chi connectivity index (χ1v) is 10.5. The number of carbonyl (C=O) groups is 1. The third-order valence-electron chi connectivity index (χ3n) is 5.16. The topological polar surface area (TPSA) is 113 Å². The molecule has 1 aliphatic carbocycles. The maximum absolute atomic E-state index is 11.5. The number of anilines is 2. The number of hydrogen-bond donors (Lipinski definition) is 3. The molecule has 1 aliphatic rings. The normalized spacial score (nSPS) is 11.5. The molecule has 0 saturated carbocycles. The molecule has 168 valence electrons. The molecule has 9 heteroatoms. The molecular formula is C23H27N5O4. The Labute approximate surface area is 186 Å². The van der Waals surface area contributed by atoms with Gasteiger partial charge in [-0.25, -0.2) is 5.84 Å². The van der Waals surface area contributed by atoms with Crippen LogP contribution in [-0.4, -0.2) is 35.5 Å². The number of carbonyl (C=O) groups excluding carboxylic acids is 1. The Morgan fingerprint density at radius 2 is 1.91 bits per heavy atom. The van der Waals surface area contributed by atoms with E-state index < -0.39 is 5.91 Å². The van der Waals surface area contributed by atoms with E-state index in [4.69, 9.17) is 25.2 Å². The maximum atomic E-state index is 11.5. The van der Waals surface area contributed by atoms with Gasteiger partial charge in [-0.2, -0.15) is 5.10 Å². The summed E-state index contributed by atoms with van der Waals surface area (Å²) in [5, 5.41) is 8.11. The molecule has 0 saturated heterocycles. The van der Waals surface area contributed by atoms with Gasteiger partial charge in [-0.15, -0.1) is 0 Å².